The number of hydrogen-bond acceptors (Lipinski definition) is 2. The van der Waals surface area contributed by atoms with E-state index in [0.29, 0.717) is 24.0 Å². The Morgan fingerprint density at radius 3 is 2.00 bits per heavy atom. The molecule has 4 rings (SSSR count). The highest BCUT2D eigenvalue weighted by Gasteiger charge is 2.27. The first-order valence-corrected chi connectivity index (χ1v) is 11.9. The predicted octanol–water partition coefficient (Wildman–Crippen LogP) is 8.30. The molecule has 0 radical (unpaired) electrons. The maximum absolute atomic E-state index is 15.0. The van der Waals surface area contributed by atoms with Crippen LogP contribution in [0.3, 0.4) is 0 Å². The second-order valence-corrected chi connectivity index (χ2v) is 8.81. The lowest BCUT2D eigenvalue weighted by molar-refractivity contribution is 0.191. The standard InChI is InChI=1S/C29H28F4O2/c1-3-18-5-9-20(10-6-18)22-13-14-23(27(31)26(22)30)21-11-7-19(8-12-21)17-35-25-16-15-24(34-4-2)28(32)29(25)33/h3,5-6,9-10,13-16,19,21H,1,4,7-8,11-12,17H2,2H3. The van der Waals surface area contributed by atoms with Gasteiger partial charge < -0.3 is 9.47 Å². The molecule has 0 amide bonds. The minimum atomic E-state index is -1.07. The van der Waals surface area contributed by atoms with Gasteiger partial charge in [-0.2, -0.15) is 8.78 Å². The number of halogens is 4. The van der Waals surface area contributed by atoms with Gasteiger partial charge in [0.1, 0.15) is 0 Å². The molecule has 0 unspecified atom stereocenters. The van der Waals surface area contributed by atoms with E-state index in [2.05, 4.69) is 6.58 Å². The van der Waals surface area contributed by atoms with E-state index >= 15 is 4.39 Å². The number of rotatable bonds is 8. The van der Waals surface area contributed by atoms with Gasteiger partial charge in [-0.3, -0.25) is 0 Å². The summed E-state index contributed by atoms with van der Waals surface area (Å²) in [6.07, 6.45) is 4.46. The zero-order chi connectivity index (χ0) is 24.9. The van der Waals surface area contributed by atoms with Crippen LogP contribution in [0, 0.1) is 29.2 Å². The summed E-state index contributed by atoms with van der Waals surface area (Å²) in [6.45, 7) is 5.85. The Bertz CT molecular complexity index is 1180. The van der Waals surface area contributed by atoms with Crippen molar-refractivity contribution in [1.82, 2.24) is 0 Å². The van der Waals surface area contributed by atoms with Crippen molar-refractivity contribution in [3.05, 3.63) is 89.5 Å². The molecule has 2 nitrogen and oxygen atoms in total. The molecule has 0 atom stereocenters. The molecule has 1 aliphatic rings. The van der Waals surface area contributed by atoms with E-state index in [4.69, 9.17) is 9.47 Å². The lowest BCUT2D eigenvalue weighted by atomic mass is 9.78. The summed E-state index contributed by atoms with van der Waals surface area (Å²) < 4.78 is 68.8. The Morgan fingerprint density at radius 1 is 0.771 bits per heavy atom. The summed E-state index contributed by atoms with van der Waals surface area (Å²) in [7, 11) is 0. The van der Waals surface area contributed by atoms with E-state index in [-0.39, 0.29) is 42.1 Å². The monoisotopic (exact) mass is 484 g/mol. The quantitative estimate of drug-likeness (QED) is 0.299. The van der Waals surface area contributed by atoms with Crippen LogP contribution in [-0.2, 0) is 0 Å². The van der Waals surface area contributed by atoms with Gasteiger partial charge >= 0.3 is 0 Å². The lowest BCUT2D eigenvalue weighted by Gasteiger charge is -2.29. The minimum absolute atomic E-state index is 0.0994. The van der Waals surface area contributed by atoms with Crippen LogP contribution in [0.1, 0.15) is 49.7 Å². The molecule has 6 heteroatoms. The van der Waals surface area contributed by atoms with Crippen molar-refractivity contribution in [2.45, 2.75) is 38.5 Å². The van der Waals surface area contributed by atoms with Gasteiger partial charge in [0.05, 0.1) is 13.2 Å². The summed E-state index contributed by atoms with van der Waals surface area (Å²) in [4.78, 5) is 0. The van der Waals surface area contributed by atoms with Crippen molar-refractivity contribution in [3.8, 4) is 22.6 Å². The summed E-state index contributed by atoms with van der Waals surface area (Å²) in [5, 5.41) is 0. The lowest BCUT2D eigenvalue weighted by Crippen LogP contribution is -2.20. The average molecular weight is 485 g/mol. The summed E-state index contributed by atoms with van der Waals surface area (Å²) in [6, 6.07) is 13.1. The highest BCUT2D eigenvalue weighted by atomic mass is 19.2. The van der Waals surface area contributed by atoms with Gasteiger partial charge in [0.15, 0.2) is 23.1 Å². The molecule has 184 valence electrons. The third kappa shape index (κ3) is 5.37. The fraction of sp³-hybridized carbons (Fsp3) is 0.310. The Labute approximate surface area is 203 Å². The molecule has 0 heterocycles. The summed E-state index contributed by atoms with van der Waals surface area (Å²) in [5.41, 5.74) is 2.13. The molecular formula is C29H28F4O2. The Kier molecular flexibility index (Phi) is 7.79. The molecule has 1 aliphatic carbocycles. The van der Waals surface area contributed by atoms with E-state index in [1.165, 1.54) is 12.1 Å². The van der Waals surface area contributed by atoms with Crippen molar-refractivity contribution in [2.75, 3.05) is 13.2 Å². The molecule has 3 aromatic carbocycles. The van der Waals surface area contributed by atoms with Gasteiger partial charge in [0.25, 0.3) is 0 Å². The first-order chi connectivity index (χ1) is 16.9. The van der Waals surface area contributed by atoms with Gasteiger partial charge in [-0.1, -0.05) is 49.1 Å². The fourth-order valence-corrected chi connectivity index (χ4v) is 4.64. The van der Waals surface area contributed by atoms with Gasteiger partial charge in [-0.15, -0.1) is 0 Å². The molecule has 0 bridgehead atoms. The molecule has 1 saturated carbocycles. The van der Waals surface area contributed by atoms with E-state index < -0.39 is 23.3 Å². The largest absolute Gasteiger partial charge is 0.491 e. The maximum atomic E-state index is 15.0. The van der Waals surface area contributed by atoms with Gasteiger partial charge in [0.2, 0.25) is 11.6 Å². The van der Waals surface area contributed by atoms with E-state index in [1.54, 1.807) is 37.3 Å². The molecule has 0 N–H and O–H groups in total. The third-order valence-corrected chi connectivity index (χ3v) is 6.64. The molecule has 3 aromatic rings. The smallest absolute Gasteiger partial charge is 0.204 e. The van der Waals surface area contributed by atoms with Crippen molar-refractivity contribution in [1.29, 1.82) is 0 Å². The highest BCUT2D eigenvalue weighted by Crippen LogP contribution is 2.39. The average Bonchev–Trinajstić information content (AvgIpc) is 2.88. The van der Waals surface area contributed by atoms with Crippen LogP contribution in [0.2, 0.25) is 0 Å². The van der Waals surface area contributed by atoms with Crippen LogP contribution in [0.5, 0.6) is 11.5 Å². The predicted molar refractivity (Wildman–Crippen MR) is 130 cm³/mol. The van der Waals surface area contributed by atoms with Crippen molar-refractivity contribution in [2.24, 2.45) is 5.92 Å². The zero-order valence-electron chi connectivity index (χ0n) is 19.6. The summed E-state index contributed by atoms with van der Waals surface area (Å²) in [5.74, 6) is -4.06. The van der Waals surface area contributed by atoms with E-state index in [1.807, 2.05) is 12.1 Å². The first-order valence-electron chi connectivity index (χ1n) is 11.9. The summed E-state index contributed by atoms with van der Waals surface area (Å²) >= 11 is 0. The molecule has 0 aliphatic heterocycles. The van der Waals surface area contributed by atoms with Crippen LogP contribution in [0.25, 0.3) is 17.2 Å². The number of ether oxygens (including phenoxy) is 2. The van der Waals surface area contributed by atoms with Crippen LogP contribution in [0.15, 0.2) is 55.1 Å². The van der Waals surface area contributed by atoms with Crippen LogP contribution in [-0.4, -0.2) is 13.2 Å². The number of hydrogen-bond donors (Lipinski definition) is 0. The van der Waals surface area contributed by atoms with Crippen molar-refractivity contribution < 1.29 is 27.0 Å². The molecular weight excluding hydrogens is 456 g/mol. The Morgan fingerprint density at radius 2 is 1.40 bits per heavy atom. The van der Waals surface area contributed by atoms with Crippen LogP contribution < -0.4 is 9.47 Å². The Hall–Kier alpha value is -3.28. The fourth-order valence-electron chi connectivity index (χ4n) is 4.64. The Balaban J connectivity index is 1.37. The van der Waals surface area contributed by atoms with Crippen LogP contribution >= 0.6 is 0 Å². The van der Waals surface area contributed by atoms with Crippen LogP contribution in [0.4, 0.5) is 17.6 Å². The minimum Gasteiger partial charge on any atom is -0.491 e. The van der Waals surface area contributed by atoms with Crippen molar-refractivity contribution >= 4 is 6.08 Å². The van der Waals surface area contributed by atoms with Gasteiger partial charge in [-0.25, -0.2) is 8.78 Å². The van der Waals surface area contributed by atoms with Crippen molar-refractivity contribution in [3.63, 3.8) is 0 Å². The first kappa shape index (κ1) is 24.8. The topological polar surface area (TPSA) is 18.5 Å². The SMILES string of the molecule is C=Cc1ccc(-c2ccc(C3CCC(COc4ccc(OCC)c(F)c4F)CC3)c(F)c2F)cc1. The number of benzene rings is 3. The molecule has 0 spiro atoms. The highest BCUT2D eigenvalue weighted by molar-refractivity contribution is 5.66. The third-order valence-electron chi connectivity index (χ3n) is 6.64. The second-order valence-electron chi connectivity index (χ2n) is 8.81. The van der Waals surface area contributed by atoms with Gasteiger partial charge in [-0.05, 0) is 73.3 Å². The molecule has 0 aromatic heterocycles. The molecule has 1 fully saturated rings. The molecule has 0 saturated heterocycles. The van der Waals surface area contributed by atoms with E-state index in [9.17, 15) is 13.2 Å². The van der Waals surface area contributed by atoms with Gasteiger partial charge in [0, 0.05) is 5.56 Å². The zero-order valence-corrected chi connectivity index (χ0v) is 19.6. The second kappa shape index (κ2) is 11.0. The normalized spacial score (nSPS) is 17.7. The van der Waals surface area contributed by atoms with E-state index in [0.717, 1.165) is 18.4 Å². The molecule has 35 heavy (non-hydrogen) atoms. The maximum Gasteiger partial charge on any atom is 0.204 e.